The molecule has 0 atom stereocenters. The molecule has 0 saturated heterocycles. The van der Waals surface area contributed by atoms with Gasteiger partial charge in [-0.1, -0.05) is 11.6 Å². The molecule has 2 heteroatoms. The number of rotatable bonds is 0. The van der Waals surface area contributed by atoms with Crippen LogP contribution in [-0.2, 0) is 0 Å². The molecule has 1 nitrogen and oxygen atoms in total. The Morgan fingerprint density at radius 3 is 2.73 bits per heavy atom. The molecule has 0 spiro atoms. The lowest BCUT2D eigenvalue weighted by atomic mass is 10.1. The van der Waals surface area contributed by atoms with Gasteiger partial charge in [0.05, 0.1) is 10.2 Å². The van der Waals surface area contributed by atoms with Crippen LogP contribution in [0.4, 0.5) is 0 Å². The lowest BCUT2D eigenvalue weighted by Crippen LogP contribution is -1.76. The maximum absolute atomic E-state index is 4.52. The largest absolute Gasteiger partial charge is 0.254 e. The normalized spacial score (nSPS) is 11.3. The van der Waals surface area contributed by atoms with Crippen molar-refractivity contribution >= 4 is 31.6 Å². The summed E-state index contributed by atoms with van der Waals surface area (Å²) in [5, 5.41) is 1.29. The molecule has 0 saturated carbocycles. The Morgan fingerprint density at radius 1 is 1.00 bits per heavy atom. The van der Waals surface area contributed by atoms with Gasteiger partial charge < -0.3 is 0 Å². The molecule has 15 heavy (non-hydrogen) atoms. The van der Waals surface area contributed by atoms with Crippen LogP contribution < -0.4 is 0 Å². The fourth-order valence-electron chi connectivity index (χ4n) is 1.86. The quantitative estimate of drug-likeness (QED) is 0.548. The maximum atomic E-state index is 4.52. The number of nitrogens with zero attached hydrogens (tertiary/aromatic N) is 1. The second-order valence-electron chi connectivity index (χ2n) is 3.96. The van der Waals surface area contributed by atoms with Gasteiger partial charge in [-0.3, -0.25) is 4.98 Å². The minimum atomic E-state index is 1.14. The second-order valence-corrected chi connectivity index (χ2v) is 5.04. The van der Waals surface area contributed by atoms with E-state index in [0.29, 0.717) is 0 Å². The van der Waals surface area contributed by atoms with Crippen LogP contribution in [0.15, 0.2) is 30.5 Å². The smallest absolute Gasteiger partial charge is 0.0888 e. The average molecular weight is 213 g/mol. The highest BCUT2D eigenvalue weighted by Crippen LogP contribution is 2.33. The fraction of sp³-hybridized carbons (Fsp3) is 0.154. The molecule has 0 amide bonds. The SMILES string of the molecule is Cc1cnc2c(c1)sc1ccc(C)cc12. The zero-order valence-electron chi connectivity index (χ0n) is 8.74. The van der Waals surface area contributed by atoms with Crippen LogP contribution >= 0.6 is 11.3 Å². The Hall–Kier alpha value is -1.41. The van der Waals surface area contributed by atoms with Gasteiger partial charge in [-0.05, 0) is 37.6 Å². The molecule has 0 aliphatic carbocycles. The van der Waals surface area contributed by atoms with Crippen molar-refractivity contribution in [3.8, 4) is 0 Å². The van der Waals surface area contributed by atoms with Gasteiger partial charge >= 0.3 is 0 Å². The molecule has 0 N–H and O–H groups in total. The molecular formula is C13H11NS. The molecule has 0 aliphatic rings. The summed E-state index contributed by atoms with van der Waals surface area (Å²) in [6, 6.07) is 8.77. The third-order valence-electron chi connectivity index (χ3n) is 2.60. The number of aryl methyl sites for hydroxylation is 2. The monoisotopic (exact) mass is 213 g/mol. The van der Waals surface area contributed by atoms with Crippen LogP contribution in [0.25, 0.3) is 20.3 Å². The summed E-state index contributed by atoms with van der Waals surface area (Å²) in [4.78, 5) is 4.52. The van der Waals surface area contributed by atoms with E-state index in [-0.39, 0.29) is 0 Å². The minimum Gasteiger partial charge on any atom is -0.254 e. The third kappa shape index (κ3) is 1.33. The zero-order valence-corrected chi connectivity index (χ0v) is 9.56. The van der Waals surface area contributed by atoms with Gasteiger partial charge in [-0.15, -0.1) is 11.3 Å². The van der Waals surface area contributed by atoms with E-state index in [4.69, 9.17) is 0 Å². The van der Waals surface area contributed by atoms with Crippen LogP contribution in [0.1, 0.15) is 11.1 Å². The summed E-state index contributed by atoms with van der Waals surface area (Å²) in [5.74, 6) is 0. The van der Waals surface area contributed by atoms with Gasteiger partial charge in [0.25, 0.3) is 0 Å². The molecule has 3 rings (SSSR count). The molecular weight excluding hydrogens is 202 g/mol. The molecule has 2 aromatic heterocycles. The van der Waals surface area contributed by atoms with Gasteiger partial charge in [0.1, 0.15) is 0 Å². The van der Waals surface area contributed by atoms with Crippen LogP contribution in [0.2, 0.25) is 0 Å². The summed E-state index contributed by atoms with van der Waals surface area (Å²) < 4.78 is 2.62. The second kappa shape index (κ2) is 3.04. The van der Waals surface area contributed by atoms with Crippen molar-refractivity contribution in [1.82, 2.24) is 4.98 Å². The summed E-state index contributed by atoms with van der Waals surface area (Å²) in [7, 11) is 0. The standard InChI is InChI=1S/C13H11NS/c1-8-3-4-11-10(5-8)13-12(15-11)6-9(2)7-14-13/h3-7H,1-2H3. The van der Waals surface area contributed by atoms with E-state index in [9.17, 15) is 0 Å². The first-order valence-electron chi connectivity index (χ1n) is 4.99. The summed E-state index contributed by atoms with van der Waals surface area (Å²) in [6.45, 7) is 4.21. The first kappa shape index (κ1) is 8.86. The van der Waals surface area contributed by atoms with Crippen molar-refractivity contribution in [3.05, 3.63) is 41.6 Å². The molecule has 2 heterocycles. The zero-order chi connectivity index (χ0) is 10.4. The summed E-state index contributed by atoms with van der Waals surface area (Å²) in [5.41, 5.74) is 3.67. The highest BCUT2D eigenvalue weighted by atomic mass is 32.1. The van der Waals surface area contributed by atoms with Crippen LogP contribution in [0.5, 0.6) is 0 Å². The molecule has 74 valence electrons. The number of hydrogen-bond acceptors (Lipinski definition) is 2. The Kier molecular flexibility index (Phi) is 1.80. The number of benzene rings is 1. The number of thiophene rings is 1. The average Bonchev–Trinajstić information content (AvgIpc) is 2.54. The van der Waals surface area contributed by atoms with E-state index in [1.165, 1.54) is 25.9 Å². The molecule has 0 aliphatic heterocycles. The highest BCUT2D eigenvalue weighted by Gasteiger charge is 2.05. The van der Waals surface area contributed by atoms with Crippen molar-refractivity contribution in [2.75, 3.05) is 0 Å². The first-order chi connectivity index (χ1) is 7.24. The van der Waals surface area contributed by atoms with Crippen LogP contribution in [-0.4, -0.2) is 4.98 Å². The maximum Gasteiger partial charge on any atom is 0.0888 e. The predicted octanol–water partition coefficient (Wildman–Crippen LogP) is 4.07. The van der Waals surface area contributed by atoms with E-state index in [2.05, 4.69) is 43.1 Å². The molecule has 1 aromatic carbocycles. The van der Waals surface area contributed by atoms with E-state index in [0.717, 1.165) is 5.52 Å². The molecule has 0 bridgehead atoms. The molecule has 0 radical (unpaired) electrons. The Bertz CT molecular complexity index is 652. The van der Waals surface area contributed by atoms with Gasteiger partial charge in [0.15, 0.2) is 0 Å². The molecule has 0 fully saturated rings. The van der Waals surface area contributed by atoms with Crippen LogP contribution in [0, 0.1) is 13.8 Å². The van der Waals surface area contributed by atoms with E-state index in [1.807, 2.05) is 17.5 Å². The Balaban J connectivity index is 2.53. The van der Waals surface area contributed by atoms with E-state index < -0.39 is 0 Å². The van der Waals surface area contributed by atoms with Gasteiger partial charge in [0, 0.05) is 16.3 Å². The van der Waals surface area contributed by atoms with Crippen molar-refractivity contribution in [2.24, 2.45) is 0 Å². The first-order valence-corrected chi connectivity index (χ1v) is 5.81. The highest BCUT2D eigenvalue weighted by molar-refractivity contribution is 7.25. The molecule has 3 aromatic rings. The van der Waals surface area contributed by atoms with Gasteiger partial charge in [0.2, 0.25) is 0 Å². The van der Waals surface area contributed by atoms with E-state index >= 15 is 0 Å². The Morgan fingerprint density at radius 2 is 1.87 bits per heavy atom. The molecule has 0 unspecified atom stereocenters. The predicted molar refractivity (Wildman–Crippen MR) is 66.6 cm³/mol. The van der Waals surface area contributed by atoms with Crippen molar-refractivity contribution in [3.63, 3.8) is 0 Å². The minimum absolute atomic E-state index is 1.14. The van der Waals surface area contributed by atoms with Crippen LogP contribution in [0.3, 0.4) is 0 Å². The number of aromatic nitrogens is 1. The summed E-state index contributed by atoms with van der Waals surface area (Å²) >= 11 is 1.82. The number of fused-ring (bicyclic) bond motifs is 3. The lowest BCUT2D eigenvalue weighted by molar-refractivity contribution is 1.35. The third-order valence-corrected chi connectivity index (χ3v) is 3.71. The lowest BCUT2D eigenvalue weighted by Gasteiger charge is -1.93. The summed E-state index contributed by atoms with van der Waals surface area (Å²) in [6.07, 6.45) is 1.94. The van der Waals surface area contributed by atoms with Gasteiger partial charge in [-0.25, -0.2) is 0 Å². The number of hydrogen-bond donors (Lipinski definition) is 0. The number of pyridine rings is 1. The topological polar surface area (TPSA) is 12.9 Å². The van der Waals surface area contributed by atoms with Gasteiger partial charge in [-0.2, -0.15) is 0 Å². The Labute approximate surface area is 92.4 Å². The van der Waals surface area contributed by atoms with Crippen molar-refractivity contribution in [2.45, 2.75) is 13.8 Å². The van der Waals surface area contributed by atoms with Crippen molar-refractivity contribution in [1.29, 1.82) is 0 Å². The fourth-order valence-corrected chi connectivity index (χ4v) is 3.00. The van der Waals surface area contributed by atoms with Crippen molar-refractivity contribution < 1.29 is 0 Å². The van der Waals surface area contributed by atoms with E-state index in [1.54, 1.807) is 0 Å².